The van der Waals surface area contributed by atoms with Gasteiger partial charge in [-0.15, -0.1) is 0 Å². The molecule has 1 aromatic rings. The number of carbonyl (C=O) groups excluding carboxylic acids is 1. The van der Waals surface area contributed by atoms with Crippen LogP contribution in [0.1, 0.15) is 51.7 Å². The first-order chi connectivity index (χ1) is 12.8. The van der Waals surface area contributed by atoms with Gasteiger partial charge in [-0.3, -0.25) is 4.79 Å². The molecule has 2 saturated carbocycles. The van der Waals surface area contributed by atoms with E-state index in [0.717, 1.165) is 25.0 Å². The number of hydrogen-bond donors (Lipinski definition) is 2. The highest BCUT2D eigenvalue weighted by Crippen LogP contribution is 2.61. The molecule has 150 valence electrons. The van der Waals surface area contributed by atoms with Crippen LogP contribution in [0.5, 0.6) is 0 Å². The van der Waals surface area contributed by atoms with Gasteiger partial charge in [0.05, 0.1) is 29.9 Å². The Morgan fingerprint density at radius 2 is 2.15 bits per heavy atom. The molecule has 6 atom stereocenters. The van der Waals surface area contributed by atoms with Gasteiger partial charge >= 0.3 is 5.97 Å². The van der Waals surface area contributed by atoms with E-state index in [1.165, 1.54) is 0 Å². The predicted octanol–water partition coefficient (Wildman–Crippen LogP) is 2.65. The molecule has 0 unspecified atom stereocenters. The molecular formula is C21H31NO5. The maximum atomic E-state index is 12.6. The second kappa shape index (κ2) is 6.61. The molecule has 1 aliphatic heterocycles. The fraction of sp³-hybridized carbons (Fsp3) is 0.762. The summed E-state index contributed by atoms with van der Waals surface area (Å²) in [6.07, 6.45) is 5.56. The summed E-state index contributed by atoms with van der Waals surface area (Å²) in [5.74, 6) is 0.447. The molecule has 0 spiro atoms. The molecule has 27 heavy (non-hydrogen) atoms. The molecule has 0 bridgehead atoms. The summed E-state index contributed by atoms with van der Waals surface area (Å²) in [5.41, 5.74) is -1.85. The number of furan rings is 1. The molecule has 6 nitrogen and oxygen atoms in total. The Bertz CT molecular complexity index is 691. The van der Waals surface area contributed by atoms with E-state index in [-0.39, 0.29) is 29.3 Å². The van der Waals surface area contributed by atoms with E-state index in [1.807, 2.05) is 19.1 Å². The topological polar surface area (TPSA) is 80.9 Å². The maximum Gasteiger partial charge on any atom is 0.310 e. The second-order valence-corrected chi connectivity index (χ2v) is 9.07. The van der Waals surface area contributed by atoms with Crippen LogP contribution in [0.25, 0.3) is 0 Å². The van der Waals surface area contributed by atoms with E-state index in [9.17, 15) is 9.90 Å². The van der Waals surface area contributed by atoms with Gasteiger partial charge in [0.15, 0.2) is 0 Å². The van der Waals surface area contributed by atoms with E-state index in [2.05, 4.69) is 12.2 Å². The molecule has 3 aliphatic rings. The number of esters is 1. The van der Waals surface area contributed by atoms with Crippen molar-refractivity contribution in [1.82, 2.24) is 5.32 Å². The van der Waals surface area contributed by atoms with Crippen molar-refractivity contribution in [2.75, 3.05) is 13.7 Å². The molecule has 1 aromatic heterocycles. The molecule has 0 radical (unpaired) electrons. The smallest absolute Gasteiger partial charge is 0.310 e. The van der Waals surface area contributed by atoms with Crippen molar-refractivity contribution in [1.29, 1.82) is 0 Å². The first kappa shape index (κ1) is 19.0. The summed E-state index contributed by atoms with van der Waals surface area (Å²) >= 11 is 0. The lowest BCUT2D eigenvalue weighted by molar-refractivity contribution is -0.270. The van der Waals surface area contributed by atoms with Crippen LogP contribution >= 0.6 is 0 Å². The number of methoxy groups -OCH3 is 1. The van der Waals surface area contributed by atoms with Crippen molar-refractivity contribution >= 4 is 5.97 Å². The molecule has 2 heterocycles. The maximum absolute atomic E-state index is 12.6. The molecule has 3 fully saturated rings. The molecular weight excluding hydrogens is 346 g/mol. The van der Waals surface area contributed by atoms with E-state index in [1.54, 1.807) is 13.4 Å². The molecule has 0 aromatic carbocycles. The second-order valence-electron chi connectivity index (χ2n) is 9.07. The highest BCUT2D eigenvalue weighted by atomic mass is 16.6. The van der Waals surface area contributed by atoms with Crippen LogP contribution in [-0.2, 0) is 20.8 Å². The number of ether oxygens (including phenoxy) is 2. The predicted molar refractivity (Wildman–Crippen MR) is 98.8 cm³/mol. The Morgan fingerprint density at radius 1 is 1.33 bits per heavy atom. The normalized spacial score (nSPS) is 43.9. The van der Waals surface area contributed by atoms with Gasteiger partial charge in [0.2, 0.25) is 0 Å². The van der Waals surface area contributed by atoms with Crippen molar-refractivity contribution in [3.63, 3.8) is 0 Å². The largest absolute Gasteiger partial charge is 0.468 e. The number of rotatable bonds is 5. The van der Waals surface area contributed by atoms with Crippen LogP contribution in [0, 0.1) is 17.3 Å². The lowest BCUT2D eigenvalue weighted by Gasteiger charge is -2.62. The number of carbonyl (C=O) groups is 1. The summed E-state index contributed by atoms with van der Waals surface area (Å²) in [7, 11) is 1.69. The van der Waals surface area contributed by atoms with Crippen molar-refractivity contribution in [3.05, 3.63) is 24.2 Å². The number of hydrogen-bond acceptors (Lipinski definition) is 6. The van der Waals surface area contributed by atoms with Crippen molar-refractivity contribution < 1.29 is 23.8 Å². The fourth-order valence-corrected chi connectivity index (χ4v) is 5.88. The summed E-state index contributed by atoms with van der Waals surface area (Å²) < 4.78 is 17.0. The lowest BCUT2D eigenvalue weighted by atomic mass is 9.49. The molecule has 2 aliphatic carbocycles. The highest BCUT2D eigenvalue weighted by molar-refractivity contribution is 5.75. The lowest BCUT2D eigenvalue weighted by Crippen LogP contribution is -2.69. The van der Waals surface area contributed by atoms with Crippen LogP contribution in [0.2, 0.25) is 0 Å². The van der Waals surface area contributed by atoms with Gasteiger partial charge in [-0.25, -0.2) is 0 Å². The minimum absolute atomic E-state index is 0.00671. The Hall–Kier alpha value is -1.37. The van der Waals surface area contributed by atoms with Crippen molar-refractivity contribution in [3.8, 4) is 0 Å². The van der Waals surface area contributed by atoms with E-state index >= 15 is 0 Å². The van der Waals surface area contributed by atoms with Gasteiger partial charge in [-0.1, -0.05) is 6.92 Å². The molecule has 2 N–H and O–H groups in total. The number of nitrogens with one attached hydrogen (secondary N) is 1. The zero-order chi connectivity index (χ0) is 19.3. The SMILES string of the molecule is CO[C@]1(C)CCC[C@]2(C)C[C@H]3OC(=O)[C@H](CNCc4ccco4)[C@@H]3C[C@]21O. The fourth-order valence-electron chi connectivity index (χ4n) is 5.88. The van der Waals surface area contributed by atoms with Gasteiger partial charge < -0.3 is 24.3 Å². The molecule has 4 rings (SSSR count). The standard InChI is InChI=1S/C21H31NO5/c1-19-7-5-8-20(2,25-3)21(19,24)10-15-16(18(23)27-17(15)11-19)13-22-12-14-6-4-9-26-14/h4,6,9,15-17,22,24H,5,7-8,10-13H2,1-3H3/t15-,16+,17+,19+,20+,21-/m0/s1. The zero-order valence-corrected chi connectivity index (χ0v) is 16.5. The van der Waals surface area contributed by atoms with Crippen LogP contribution in [-0.4, -0.2) is 42.0 Å². The Morgan fingerprint density at radius 3 is 2.85 bits per heavy atom. The van der Waals surface area contributed by atoms with Gasteiger partial charge in [-0.2, -0.15) is 0 Å². The first-order valence-corrected chi connectivity index (χ1v) is 10.0. The van der Waals surface area contributed by atoms with Crippen LogP contribution in [0.4, 0.5) is 0 Å². The summed E-state index contributed by atoms with van der Waals surface area (Å²) in [4.78, 5) is 12.6. The van der Waals surface area contributed by atoms with E-state index in [0.29, 0.717) is 25.9 Å². The third-order valence-electron chi connectivity index (χ3n) is 7.70. The zero-order valence-electron chi connectivity index (χ0n) is 16.5. The van der Waals surface area contributed by atoms with Crippen LogP contribution in [0.3, 0.4) is 0 Å². The van der Waals surface area contributed by atoms with Gasteiger partial charge in [0.1, 0.15) is 11.9 Å². The van der Waals surface area contributed by atoms with Gasteiger partial charge in [-0.05, 0) is 51.2 Å². The average molecular weight is 377 g/mol. The summed E-state index contributed by atoms with van der Waals surface area (Å²) in [6, 6.07) is 3.76. The van der Waals surface area contributed by atoms with Crippen LogP contribution in [0.15, 0.2) is 22.8 Å². The Kier molecular flexibility index (Phi) is 4.64. The number of aliphatic hydroxyl groups is 1. The van der Waals surface area contributed by atoms with Gasteiger partial charge in [0.25, 0.3) is 0 Å². The molecule has 1 saturated heterocycles. The third-order valence-corrected chi connectivity index (χ3v) is 7.70. The first-order valence-electron chi connectivity index (χ1n) is 10.0. The van der Waals surface area contributed by atoms with Crippen molar-refractivity contribution in [2.24, 2.45) is 17.3 Å². The highest BCUT2D eigenvalue weighted by Gasteiger charge is 2.67. The van der Waals surface area contributed by atoms with E-state index in [4.69, 9.17) is 13.9 Å². The Labute approximate surface area is 160 Å². The van der Waals surface area contributed by atoms with Crippen molar-refractivity contribution in [2.45, 2.75) is 69.8 Å². The minimum atomic E-state index is -0.957. The summed E-state index contributed by atoms with van der Waals surface area (Å²) in [5, 5.41) is 15.2. The quantitative estimate of drug-likeness (QED) is 0.768. The monoisotopic (exact) mass is 377 g/mol. The van der Waals surface area contributed by atoms with Crippen LogP contribution < -0.4 is 5.32 Å². The Balaban J connectivity index is 1.52. The third kappa shape index (κ3) is 2.84. The van der Waals surface area contributed by atoms with Gasteiger partial charge in [0, 0.05) is 25.0 Å². The molecule has 0 amide bonds. The summed E-state index contributed by atoms with van der Waals surface area (Å²) in [6.45, 7) is 5.26. The molecule has 6 heteroatoms. The average Bonchev–Trinajstić information content (AvgIpc) is 3.23. The van der Waals surface area contributed by atoms with E-state index < -0.39 is 11.2 Å². The number of fused-ring (bicyclic) bond motifs is 2. The minimum Gasteiger partial charge on any atom is -0.468 e.